The van der Waals surface area contributed by atoms with Crippen molar-refractivity contribution in [1.82, 2.24) is 9.97 Å². The average molecular weight is 789 g/mol. The van der Waals surface area contributed by atoms with Gasteiger partial charge in [0.2, 0.25) is 0 Å². The van der Waals surface area contributed by atoms with E-state index in [1.165, 1.54) is 55.6 Å². The fraction of sp³-hybridized carbons (Fsp3) is 0.0169. The Morgan fingerprint density at radius 1 is 0.290 bits per heavy atom. The Morgan fingerprint density at radius 3 is 1.48 bits per heavy atom. The molecule has 9 aromatic carbocycles. The summed E-state index contributed by atoms with van der Waals surface area (Å²) in [7, 11) is 0. The van der Waals surface area contributed by atoms with Crippen LogP contribution < -0.4 is 0 Å². The van der Waals surface area contributed by atoms with Gasteiger partial charge in [-0.2, -0.15) is 0 Å². The molecule has 0 radical (unpaired) electrons. The standard InChI is InChI=1S/C59H36N2O/c1-2-15-37(16-3-1)38-17-14-18-41(33-38)58-60-54(39-30-32-57-49(34-39)48-24-9-13-28-56(48)62-57)36-55(61-58)40-29-31-47-46-23-8-12-27-52(46)59(53(47)35-40)50-25-10-6-21-44(50)42-19-4-5-20-43(42)45-22-7-11-26-51(45)59/h1-36H. The number of fused-ring (bicyclic) bond motifs is 15. The Hall–Kier alpha value is -8.14. The SMILES string of the molecule is c1ccc(-c2cccc(-c3nc(-c4ccc5c(c4)C4(c6ccccc6-c6ccccc6-c6ccccc64)c4ccccc4-5)cc(-c4ccc5oc6ccccc6c5c4)n3)c2)cc1. The third-order valence-electron chi connectivity index (χ3n) is 13.1. The molecule has 0 fully saturated rings. The van der Waals surface area contributed by atoms with Gasteiger partial charge in [-0.05, 0) is 109 Å². The highest BCUT2D eigenvalue weighted by Crippen LogP contribution is 2.61. The minimum Gasteiger partial charge on any atom is -0.456 e. The van der Waals surface area contributed by atoms with Crippen LogP contribution in [0.4, 0.5) is 0 Å². The number of benzene rings is 9. The monoisotopic (exact) mass is 788 g/mol. The summed E-state index contributed by atoms with van der Waals surface area (Å²) in [5.41, 5.74) is 20.7. The van der Waals surface area contributed by atoms with Crippen molar-refractivity contribution >= 4 is 21.9 Å². The molecular weight excluding hydrogens is 753 g/mol. The zero-order valence-corrected chi connectivity index (χ0v) is 33.6. The van der Waals surface area contributed by atoms with Crippen LogP contribution >= 0.6 is 0 Å². The molecule has 288 valence electrons. The first-order chi connectivity index (χ1) is 30.7. The lowest BCUT2D eigenvalue weighted by atomic mass is 9.65. The minimum atomic E-state index is -0.593. The van der Waals surface area contributed by atoms with Crippen LogP contribution in [-0.2, 0) is 5.41 Å². The van der Waals surface area contributed by atoms with E-state index in [0.717, 1.165) is 61.1 Å². The summed E-state index contributed by atoms with van der Waals surface area (Å²) in [5, 5.41) is 2.15. The van der Waals surface area contributed by atoms with E-state index in [9.17, 15) is 0 Å². The predicted octanol–water partition coefficient (Wildman–Crippen LogP) is 15.1. The van der Waals surface area contributed by atoms with Crippen LogP contribution in [0.1, 0.15) is 22.3 Å². The highest BCUT2D eigenvalue weighted by Gasteiger charge is 2.49. The fourth-order valence-corrected chi connectivity index (χ4v) is 10.4. The second-order valence-corrected chi connectivity index (χ2v) is 16.4. The zero-order valence-electron chi connectivity index (χ0n) is 33.6. The first-order valence-corrected chi connectivity index (χ1v) is 21.2. The summed E-state index contributed by atoms with van der Waals surface area (Å²) in [6.07, 6.45) is 0. The molecule has 0 atom stereocenters. The van der Waals surface area contributed by atoms with E-state index in [2.05, 4.69) is 206 Å². The molecule has 0 N–H and O–H groups in total. The molecule has 11 aromatic rings. The van der Waals surface area contributed by atoms with Crippen molar-refractivity contribution in [2.75, 3.05) is 0 Å². The summed E-state index contributed by atoms with van der Waals surface area (Å²) < 4.78 is 6.26. The predicted molar refractivity (Wildman–Crippen MR) is 253 cm³/mol. The highest BCUT2D eigenvalue weighted by molar-refractivity contribution is 6.06. The Balaban J connectivity index is 1.07. The van der Waals surface area contributed by atoms with Gasteiger partial charge in [-0.15, -0.1) is 0 Å². The Bertz CT molecular complexity index is 3530. The number of hydrogen-bond acceptors (Lipinski definition) is 3. The van der Waals surface area contributed by atoms with Gasteiger partial charge in [-0.1, -0.05) is 176 Å². The Kier molecular flexibility index (Phi) is 7.52. The number of furan rings is 1. The molecule has 2 aliphatic carbocycles. The van der Waals surface area contributed by atoms with Crippen molar-refractivity contribution < 1.29 is 4.42 Å². The van der Waals surface area contributed by atoms with E-state index in [0.29, 0.717) is 5.82 Å². The molecule has 0 saturated carbocycles. The third-order valence-corrected chi connectivity index (χ3v) is 13.1. The summed E-state index contributed by atoms with van der Waals surface area (Å²) in [6, 6.07) is 78.8. The van der Waals surface area contributed by atoms with E-state index in [-0.39, 0.29) is 0 Å². The van der Waals surface area contributed by atoms with Crippen LogP contribution in [0.15, 0.2) is 223 Å². The van der Waals surface area contributed by atoms with E-state index in [1.54, 1.807) is 0 Å². The summed E-state index contributed by atoms with van der Waals surface area (Å²) in [6.45, 7) is 0. The van der Waals surface area contributed by atoms with Crippen molar-refractivity contribution in [2.45, 2.75) is 5.41 Å². The minimum absolute atomic E-state index is 0.593. The van der Waals surface area contributed by atoms with Gasteiger partial charge in [0.25, 0.3) is 0 Å². The fourth-order valence-electron chi connectivity index (χ4n) is 10.4. The van der Waals surface area contributed by atoms with Gasteiger partial charge in [0.15, 0.2) is 5.82 Å². The second-order valence-electron chi connectivity index (χ2n) is 16.4. The first-order valence-electron chi connectivity index (χ1n) is 21.2. The van der Waals surface area contributed by atoms with Gasteiger partial charge in [0.05, 0.1) is 16.8 Å². The van der Waals surface area contributed by atoms with Crippen molar-refractivity contribution in [3.8, 4) is 78.4 Å². The van der Waals surface area contributed by atoms with Crippen molar-refractivity contribution in [3.63, 3.8) is 0 Å². The molecular formula is C59H36N2O. The van der Waals surface area contributed by atoms with Gasteiger partial charge < -0.3 is 4.42 Å². The average Bonchev–Trinajstić information content (AvgIpc) is 3.84. The van der Waals surface area contributed by atoms with Gasteiger partial charge in [-0.3, -0.25) is 0 Å². The summed E-state index contributed by atoms with van der Waals surface area (Å²) >= 11 is 0. The number of aromatic nitrogens is 2. The van der Waals surface area contributed by atoms with Gasteiger partial charge in [0, 0.05) is 27.5 Å². The number of para-hydroxylation sites is 1. The maximum absolute atomic E-state index is 6.26. The van der Waals surface area contributed by atoms with Crippen molar-refractivity contribution in [3.05, 3.63) is 241 Å². The Morgan fingerprint density at radius 2 is 0.790 bits per heavy atom. The molecule has 0 saturated heterocycles. The lowest BCUT2D eigenvalue weighted by Crippen LogP contribution is -2.29. The molecule has 0 bridgehead atoms. The number of rotatable bonds is 4. The maximum Gasteiger partial charge on any atom is 0.160 e. The number of hydrogen-bond donors (Lipinski definition) is 0. The molecule has 3 nitrogen and oxygen atoms in total. The van der Waals surface area contributed by atoms with Gasteiger partial charge >= 0.3 is 0 Å². The van der Waals surface area contributed by atoms with Crippen molar-refractivity contribution in [1.29, 1.82) is 0 Å². The molecule has 62 heavy (non-hydrogen) atoms. The van der Waals surface area contributed by atoms with Crippen molar-refractivity contribution in [2.24, 2.45) is 0 Å². The molecule has 3 heteroatoms. The lowest BCUT2D eigenvalue weighted by molar-refractivity contribution is 0.669. The largest absolute Gasteiger partial charge is 0.456 e. The molecule has 13 rings (SSSR count). The maximum atomic E-state index is 6.26. The Labute approximate surface area is 359 Å². The molecule has 1 spiro atoms. The molecule has 0 aliphatic heterocycles. The smallest absolute Gasteiger partial charge is 0.160 e. The quantitative estimate of drug-likeness (QED) is 0.178. The molecule has 0 unspecified atom stereocenters. The zero-order chi connectivity index (χ0) is 40.8. The van der Waals surface area contributed by atoms with Crippen LogP contribution in [0.2, 0.25) is 0 Å². The van der Waals surface area contributed by atoms with E-state index in [4.69, 9.17) is 14.4 Å². The number of nitrogens with zero attached hydrogens (tertiary/aromatic N) is 2. The second kappa shape index (κ2) is 13.4. The van der Waals surface area contributed by atoms with Gasteiger partial charge in [-0.25, -0.2) is 9.97 Å². The summed E-state index contributed by atoms with van der Waals surface area (Å²) in [5.74, 6) is 0.673. The van der Waals surface area contributed by atoms with Crippen LogP contribution in [-0.4, -0.2) is 9.97 Å². The van der Waals surface area contributed by atoms with Crippen LogP contribution in [0.3, 0.4) is 0 Å². The van der Waals surface area contributed by atoms with E-state index < -0.39 is 5.41 Å². The highest BCUT2D eigenvalue weighted by atomic mass is 16.3. The van der Waals surface area contributed by atoms with Crippen LogP contribution in [0.5, 0.6) is 0 Å². The van der Waals surface area contributed by atoms with E-state index in [1.807, 2.05) is 12.1 Å². The summed E-state index contributed by atoms with van der Waals surface area (Å²) in [4.78, 5) is 10.8. The topological polar surface area (TPSA) is 38.9 Å². The normalized spacial score (nSPS) is 13.0. The molecule has 0 amide bonds. The molecule has 2 heterocycles. The lowest BCUT2D eigenvalue weighted by Gasteiger charge is -2.35. The first kappa shape index (κ1) is 34.7. The third kappa shape index (κ3) is 5.06. The van der Waals surface area contributed by atoms with Crippen LogP contribution in [0, 0.1) is 0 Å². The van der Waals surface area contributed by atoms with E-state index >= 15 is 0 Å². The molecule has 2 aliphatic rings. The molecule has 2 aromatic heterocycles. The van der Waals surface area contributed by atoms with Crippen LogP contribution in [0.25, 0.3) is 100 Å². The van der Waals surface area contributed by atoms with Gasteiger partial charge in [0.1, 0.15) is 11.2 Å².